The van der Waals surface area contributed by atoms with Gasteiger partial charge >= 0.3 is 5.97 Å². The Morgan fingerprint density at radius 1 is 1.39 bits per heavy atom. The summed E-state index contributed by atoms with van der Waals surface area (Å²) in [6.07, 6.45) is 5.65. The van der Waals surface area contributed by atoms with Crippen LogP contribution in [0.25, 0.3) is 10.2 Å². The van der Waals surface area contributed by atoms with Crippen molar-refractivity contribution < 1.29 is 14.3 Å². The summed E-state index contributed by atoms with van der Waals surface area (Å²) in [5, 5.41) is 0.684. The van der Waals surface area contributed by atoms with Gasteiger partial charge in [0.2, 0.25) is 0 Å². The van der Waals surface area contributed by atoms with Crippen molar-refractivity contribution in [1.82, 2.24) is 9.55 Å². The molecule has 0 spiro atoms. The van der Waals surface area contributed by atoms with Gasteiger partial charge in [-0.15, -0.1) is 11.3 Å². The molecule has 0 bridgehead atoms. The number of fused-ring (bicyclic) bond motifs is 3. The van der Waals surface area contributed by atoms with E-state index >= 15 is 0 Å². The number of thiophene rings is 1. The van der Waals surface area contributed by atoms with Gasteiger partial charge in [-0.05, 0) is 38.2 Å². The molecular weight excluding hydrogens is 316 g/mol. The van der Waals surface area contributed by atoms with Gasteiger partial charge in [0.15, 0.2) is 0 Å². The van der Waals surface area contributed by atoms with E-state index in [-0.39, 0.29) is 12.2 Å². The van der Waals surface area contributed by atoms with Gasteiger partial charge in [0, 0.05) is 12.0 Å². The molecule has 2 heterocycles. The molecule has 1 atom stereocenters. The largest absolute Gasteiger partial charge is 0.462 e. The normalized spacial score (nSPS) is 15.4. The molecule has 0 N–H and O–H groups in total. The van der Waals surface area contributed by atoms with Crippen LogP contribution in [0, 0.1) is 0 Å². The molecule has 0 saturated heterocycles. The molecule has 3 rings (SSSR count). The second-order valence-electron chi connectivity index (χ2n) is 5.68. The number of methoxy groups -OCH3 is 1. The average molecular weight is 336 g/mol. The summed E-state index contributed by atoms with van der Waals surface area (Å²) < 4.78 is 11.3. The molecule has 0 fully saturated rings. The van der Waals surface area contributed by atoms with Gasteiger partial charge in [-0.25, -0.2) is 9.78 Å². The Labute approximate surface area is 138 Å². The monoisotopic (exact) mass is 336 g/mol. The lowest BCUT2D eigenvalue weighted by molar-refractivity contribution is -0.148. The van der Waals surface area contributed by atoms with Crippen molar-refractivity contribution in [3.63, 3.8) is 0 Å². The summed E-state index contributed by atoms with van der Waals surface area (Å²) in [4.78, 5) is 31.3. The molecule has 124 valence electrons. The van der Waals surface area contributed by atoms with Crippen molar-refractivity contribution in [2.45, 2.75) is 38.6 Å². The highest BCUT2D eigenvalue weighted by molar-refractivity contribution is 7.18. The molecule has 1 unspecified atom stereocenters. The first-order valence-electron chi connectivity index (χ1n) is 7.80. The number of rotatable bonds is 5. The molecule has 0 aliphatic heterocycles. The topological polar surface area (TPSA) is 70.4 Å². The van der Waals surface area contributed by atoms with Crippen LogP contribution in [0.5, 0.6) is 0 Å². The maximum Gasteiger partial charge on any atom is 0.329 e. The van der Waals surface area contributed by atoms with E-state index in [4.69, 9.17) is 9.47 Å². The van der Waals surface area contributed by atoms with E-state index in [2.05, 4.69) is 4.98 Å². The number of aromatic nitrogens is 2. The van der Waals surface area contributed by atoms with Gasteiger partial charge in [-0.1, -0.05) is 0 Å². The number of aryl methyl sites for hydroxylation is 2. The molecule has 1 aliphatic carbocycles. The van der Waals surface area contributed by atoms with E-state index in [1.165, 1.54) is 15.8 Å². The third kappa shape index (κ3) is 3.03. The molecule has 0 saturated carbocycles. The smallest absolute Gasteiger partial charge is 0.329 e. The van der Waals surface area contributed by atoms with Crippen LogP contribution in [0.2, 0.25) is 0 Å². The summed E-state index contributed by atoms with van der Waals surface area (Å²) in [5.74, 6) is -0.450. The Hall–Kier alpha value is -1.73. The fourth-order valence-corrected chi connectivity index (χ4v) is 4.11. The van der Waals surface area contributed by atoms with Gasteiger partial charge in [0.1, 0.15) is 17.5 Å². The number of carbonyl (C=O) groups excluding carboxylic acids is 1. The minimum atomic E-state index is -0.699. The number of hydrogen-bond acceptors (Lipinski definition) is 6. The van der Waals surface area contributed by atoms with Gasteiger partial charge in [-0.3, -0.25) is 9.36 Å². The van der Waals surface area contributed by atoms with Gasteiger partial charge in [0.05, 0.1) is 18.3 Å². The van der Waals surface area contributed by atoms with E-state index in [0.717, 1.165) is 36.1 Å². The lowest BCUT2D eigenvalue weighted by atomic mass is 9.97. The lowest BCUT2D eigenvalue weighted by Crippen LogP contribution is -2.30. The van der Waals surface area contributed by atoms with Crippen molar-refractivity contribution in [2.75, 3.05) is 20.3 Å². The van der Waals surface area contributed by atoms with Crippen molar-refractivity contribution in [2.24, 2.45) is 0 Å². The third-order valence-corrected chi connectivity index (χ3v) is 5.39. The average Bonchev–Trinajstić information content (AvgIpc) is 2.94. The summed E-state index contributed by atoms with van der Waals surface area (Å²) >= 11 is 1.60. The Morgan fingerprint density at radius 3 is 2.96 bits per heavy atom. The van der Waals surface area contributed by atoms with Crippen molar-refractivity contribution in [3.8, 4) is 0 Å². The van der Waals surface area contributed by atoms with Gasteiger partial charge in [-0.2, -0.15) is 0 Å². The second kappa shape index (κ2) is 6.80. The first-order valence-corrected chi connectivity index (χ1v) is 8.62. The van der Waals surface area contributed by atoms with Gasteiger partial charge < -0.3 is 9.47 Å². The van der Waals surface area contributed by atoms with E-state index in [0.29, 0.717) is 12.0 Å². The van der Waals surface area contributed by atoms with Crippen LogP contribution in [0.15, 0.2) is 11.1 Å². The molecule has 23 heavy (non-hydrogen) atoms. The fraction of sp³-hybridized carbons (Fsp3) is 0.562. The predicted octanol–water partition coefficient (Wildman–Crippen LogP) is 2.09. The molecule has 7 heteroatoms. The minimum Gasteiger partial charge on any atom is -0.462 e. The molecule has 1 aliphatic rings. The Bertz CT molecular complexity index is 780. The standard InChI is InChI=1S/C16H20N2O4S/c1-10(16(20)22-8-7-21-2)18-9-17-14-13(15(18)19)11-5-3-4-6-12(11)23-14/h9-10H,3-8H2,1-2H3. The SMILES string of the molecule is COCCOC(=O)C(C)n1cnc2sc3c(c2c1=O)CCCC3. The zero-order chi connectivity index (χ0) is 16.4. The van der Waals surface area contributed by atoms with Crippen LogP contribution in [0.3, 0.4) is 0 Å². The zero-order valence-electron chi connectivity index (χ0n) is 13.3. The van der Waals surface area contributed by atoms with Crippen molar-refractivity contribution in [1.29, 1.82) is 0 Å². The van der Waals surface area contributed by atoms with Crippen LogP contribution in [0.4, 0.5) is 0 Å². The number of nitrogens with zero attached hydrogens (tertiary/aromatic N) is 2. The number of esters is 1. The van der Waals surface area contributed by atoms with Crippen LogP contribution >= 0.6 is 11.3 Å². The maximum atomic E-state index is 12.8. The highest BCUT2D eigenvalue weighted by Crippen LogP contribution is 2.33. The van der Waals surface area contributed by atoms with Crippen LogP contribution in [0.1, 0.15) is 36.2 Å². The van der Waals surface area contributed by atoms with Crippen LogP contribution in [-0.2, 0) is 27.1 Å². The summed E-state index contributed by atoms with van der Waals surface area (Å²) in [6, 6.07) is -0.699. The lowest BCUT2D eigenvalue weighted by Gasteiger charge is -2.14. The molecule has 6 nitrogen and oxygen atoms in total. The highest BCUT2D eigenvalue weighted by Gasteiger charge is 2.23. The molecule has 2 aromatic heterocycles. The maximum absolute atomic E-state index is 12.8. The Morgan fingerprint density at radius 2 is 2.17 bits per heavy atom. The van der Waals surface area contributed by atoms with Crippen molar-refractivity contribution in [3.05, 3.63) is 27.1 Å². The molecular formula is C16H20N2O4S. The van der Waals surface area contributed by atoms with E-state index in [1.54, 1.807) is 25.4 Å². The Kier molecular flexibility index (Phi) is 4.77. The van der Waals surface area contributed by atoms with E-state index in [9.17, 15) is 9.59 Å². The van der Waals surface area contributed by atoms with Gasteiger partial charge in [0.25, 0.3) is 5.56 Å². The molecule has 0 aromatic carbocycles. The summed E-state index contributed by atoms with van der Waals surface area (Å²) in [5.41, 5.74) is 0.980. The van der Waals surface area contributed by atoms with E-state index in [1.807, 2.05) is 0 Å². The quantitative estimate of drug-likeness (QED) is 0.618. The number of ether oxygens (including phenoxy) is 2. The summed E-state index contributed by atoms with van der Waals surface area (Å²) in [6.45, 7) is 2.17. The second-order valence-corrected chi connectivity index (χ2v) is 6.77. The highest BCUT2D eigenvalue weighted by atomic mass is 32.1. The van der Waals surface area contributed by atoms with Crippen LogP contribution in [-0.4, -0.2) is 35.8 Å². The Balaban J connectivity index is 1.94. The zero-order valence-corrected chi connectivity index (χ0v) is 14.1. The van der Waals surface area contributed by atoms with Crippen LogP contribution < -0.4 is 5.56 Å². The first-order chi connectivity index (χ1) is 11.1. The first kappa shape index (κ1) is 16.1. The number of hydrogen-bond donors (Lipinski definition) is 0. The molecule has 2 aromatic rings. The third-order valence-electron chi connectivity index (χ3n) is 4.19. The summed E-state index contributed by atoms with van der Waals surface area (Å²) in [7, 11) is 1.54. The predicted molar refractivity (Wildman–Crippen MR) is 88.1 cm³/mol. The fourth-order valence-electron chi connectivity index (χ4n) is 2.89. The van der Waals surface area contributed by atoms with E-state index < -0.39 is 12.0 Å². The van der Waals surface area contributed by atoms with Crippen molar-refractivity contribution >= 4 is 27.5 Å². The minimum absolute atomic E-state index is 0.148. The molecule has 0 amide bonds. The molecule has 0 radical (unpaired) electrons. The number of carbonyl (C=O) groups is 1.